The molecule has 3 aliphatic heterocycles. The first-order valence-electron chi connectivity index (χ1n) is 18.0. The maximum atomic E-state index is 13.4. The number of benzene rings is 5. The van der Waals surface area contributed by atoms with Crippen molar-refractivity contribution >= 4 is 68.6 Å². The number of carbonyl (C=O) groups excluding carboxylic acids is 1. The van der Waals surface area contributed by atoms with Crippen LogP contribution in [0.5, 0.6) is 11.5 Å². The summed E-state index contributed by atoms with van der Waals surface area (Å²) < 4.78 is 12.9. The quantitative estimate of drug-likeness (QED) is 0.0646. The summed E-state index contributed by atoms with van der Waals surface area (Å²) >= 11 is 3.53. The first-order chi connectivity index (χ1) is 26.3. The van der Waals surface area contributed by atoms with Crippen LogP contribution in [0.4, 0.5) is 17.1 Å². The van der Waals surface area contributed by atoms with Crippen molar-refractivity contribution in [2.45, 2.75) is 38.2 Å². The molecule has 54 heavy (non-hydrogen) atoms. The van der Waals surface area contributed by atoms with Gasteiger partial charge in [0.1, 0.15) is 6.61 Å². The third-order valence-electron chi connectivity index (χ3n) is 10.0. The highest BCUT2D eigenvalue weighted by Crippen LogP contribution is 2.50. The average Bonchev–Trinajstić information content (AvgIpc) is 3.52. The molecule has 11 heteroatoms. The number of hydrogen-bond acceptors (Lipinski definition) is 8. The molecule has 0 saturated carbocycles. The van der Waals surface area contributed by atoms with Crippen molar-refractivity contribution in [2.24, 2.45) is 4.99 Å². The Hall–Kier alpha value is -5.14. The second-order valence-electron chi connectivity index (χ2n) is 13.4. The fraction of sp³-hybridized carbons (Fsp3) is 0.209. The highest BCUT2D eigenvalue weighted by atomic mass is 127. The van der Waals surface area contributed by atoms with Crippen LogP contribution in [0.3, 0.4) is 0 Å². The Bertz CT molecular complexity index is 2210. The van der Waals surface area contributed by atoms with E-state index < -0.39 is 4.92 Å². The molecule has 5 aromatic rings. The number of ether oxygens (including phenoxy) is 2. The monoisotopic (exact) mass is 848 g/mol. The van der Waals surface area contributed by atoms with E-state index in [4.69, 9.17) is 14.5 Å². The minimum absolute atomic E-state index is 0.0277. The molecule has 0 aromatic heterocycles. The van der Waals surface area contributed by atoms with E-state index in [1.165, 1.54) is 51.8 Å². The number of non-ortho nitro benzene ring substituents is 1. The molecule has 3 heterocycles. The van der Waals surface area contributed by atoms with Crippen LogP contribution in [0.15, 0.2) is 119 Å². The number of aliphatic imine (C=N–C) groups is 1. The third kappa shape index (κ3) is 7.47. The molecular weight excluding hydrogens is 811 g/mol. The molecule has 8 rings (SSSR count). The Morgan fingerprint density at radius 1 is 0.907 bits per heavy atom. The SMILES string of the molecule is CCOc1cc(/C=C2\SC(=Nc3cc4c5c(c3)[C@H](c3ccccc3)CCN5CC[C@H]4c3ccccc3)NC2=O)cc(I)c1OCc1ccc([N+](=O)[O-])cc1. The molecule has 0 spiro atoms. The number of amides is 1. The summed E-state index contributed by atoms with van der Waals surface area (Å²) in [7, 11) is 0. The van der Waals surface area contributed by atoms with Crippen molar-refractivity contribution in [3.8, 4) is 11.5 Å². The van der Waals surface area contributed by atoms with Crippen LogP contribution in [0.25, 0.3) is 6.08 Å². The molecule has 2 atom stereocenters. The second-order valence-corrected chi connectivity index (χ2v) is 15.6. The van der Waals surface area contributed by atoms with Crippen molar-refractivity contribution < 1.29 is 19.2 Å². The first kappa shape index (κ1) is 35.9. The number of amidine groups is 1. The van der Waals surface area contributed by atoms with E-state index in [-0.39, 0.29) is 30.0 Å². The van der Waals surface area contributed by atoms with Gasteiger partial charge in [-0.25, -0.2) is 4.99 Å². The van der Waals surface area contributed by atoms with Crippen LogP contribution in [0.1, 0.15) is 65.0 Å². The van der Waals surface area contributed by atoms with E-state index in [0.29, 0.717) is 28.2 Å². The normalized spacial score (nSPS) is 19.1. The van der Waals surface area contributed by atoms with Gasteiger partial charge in [0.2, 0.25) is 0 Å². The van der Waals surface area contributed by atoms with Crippen molar-refractivity contribution in [1.82, 2.24) is 5.32 Å². The van der Waals surface area contributed by atoms with E-state index in [9.17, 15) is 14.9 Å². The van der Waals surface area contributed by atoms with Gasteiger partial charge in [0.25, 0.3) is 11.6 Å². The Labute approximate surface area is 331 Å². The maximum Gasteiger partial charge on any atom is 0.269 e. The molecule has 1 N–H and O–H groups in total. The molecule has 1 saturated heterocycles. The molecule has 0 bridgehead atoms. The lowest BCUT2D eigenvalue weighted by Crippen LogP contribution is -2.37. The highest BCUT2D eigenvalue weighted by molar-refractivity contribution is 14.1. The molecule has 1 fully saturated rings. The summed E-state index contributed by atoms with van der Waals surface area (Å²) in [4.78, 5) is 32.1. The highest BCUT2D eigenvalue weighted by Gasteiger charge is 2.35. The van der Waals surface area contributed by atoms with Gasteiger partial charge < -0.3 is 19.7 Å². The van der Waals surface area contributed by atoms with Gasteiger partial charge in [-0.2, -0.15) is 0 Å². The average molecular weight is 849 g/mol. The number of thioether (sulfide) groups is 1. The molecule has 0 radical (unpaired) electrons. The Balaban J connectivity index is 1.09. The van der Waals surface area contributed by atoms with Gasteiger partial charge in [0, 0.05) is 42.7 Å². The smallest absolute Gasteiger partial charge is 0.269 e. The van der Waals surface area contributed by atoms with Crippen LogP contribution in [0.2, 0.25) is 0 Å². The molecule has 3 aliphatic rings. The van der Waals surface area contributed by atoms with Crippen molar-refractivity contribution in [3.05, 3.63) is 161 Å². The number of halogens is 1. The topological polar surface area (TPSA) is 106 Å². The fourth-order valence-corrected chi connectivity index (χ4v) is 9.22. The number of rotatable bonds is 10. The molecule has 9 nitrogen and oxygen atoms in total. The number of nitrogens with zero attached hydrogens (tertiary/aromatic N) is 3. The van der Waals surface area contributed by atoms with Crippen molar-refractivity contribution in [3.63, 3.8) is 0 Å². The van der Waals surface area contributed by atoms with Crippen LogP contribution in [-0.4, -0.2) is 35.7 Å². The van der Waals surface area contributed by atoms with E-state index in [1.807, 2.05) is 25.1 Å². The number of carbonyl (C=O) groups is 1. The van der Waals surface area contributed by atoms with Crippen LogP contribution in [-0.2, 0) is 11.4 Å². The summed E-state index contributed by atoms with van der Waals surface area (Å²) in [5, 5.41) is 14.6. The predicted octanol–water partition coefficient (Wildman–Crippen LogP) is 9.95. The minimum Gasteiger partial charge on any atom is -0.490 e. The van der Waals surface area contributed by atoms with E-state index >= 15 is 0 Å². The molecule has 272 valence electrons. The zero-order valence-corrected chi connectivity index (χ0v) is 32.5. The van der Waals surface area contributed by atoms with Crippen LogP contribution >= 0.6 is 34.4 Å². The molecule has 0 unspecified atom stereocenters. The second kappa shape index (κ2) is 15.7. The zero-order chi connectivity index (χ0) is 37.2. The van der Waals surface area contributed by atoms with Gasteiger partial charge in [-0.3, -0.25) is 14.9 Å². The number of nitro benzene ring substituents is 1. The van der Waals surface area contributed by atoms with Gasteiger partial charge in [-0.15, -0.1) is 0 Å². The van der Waals surface area contributed by atoms with Crippen molar-refractivity contribution in [1.29, 1.82) is 0 Å². The minimum atomic E-state index is -0.425. The lowest BCUT2D eigenvalue weighted by molar-refractivity contribution is -0.384. The van der Waals surface area contributed by atoms with Gasteiger partial charge in [0.15, 0.2) is 16.7 Å². The Morgan fingerprint density at radius 3 is 2.13 bits per heavy atom. The number of anilines is 1. The first-order valence-corrected chi connectivity index (χ1v) is 19.9. The molecule has 0 aliphatic carbocycles. The maximum absolute atomic E-state index is 13.4. The van der Waals surface area contributed by atoms with Crippen LogP contribution < -0.4 is 19.7 Å². The number of hydrogen-bond donors (Lipinski definition) is 1. The lowest BCUT2D eigenvalue weighted by Gasteiger charge is -2.43. The Kier molecular flexibility index (Phi) is 10.4. The van der Waals surface area contributed by atoms with Crippen LogP contribution in [0, 0.1) is 13.7 Å². The standard InChI is InChI=1S/C43H37IN4O5S/c1-2-52-38-22-28(21-37(44)41(38)53-26-27-13-15-32(16-14-27)48(50)51)23-39-42(49)46-43(54-39)45-31-24-35-33(29-9-5-3-6-10-29)17-19-47-20-18-34(36(25-31)40(35)47)30-11-7-4-8-12-30/h3-16,21-25,33-34H,2,17-20,26H2,1H3,(H,45,46,49)/b39-23-/t33-,34-/m0/s1. The number of nitro groups is 1. The summed E-state index contributed by atoms with van der Waals surface area (Å²) in [5.74, 6) is 1.43. The molecule has 5 aromatic carbocycles. The van der Waals surface area contributed by atoms with E-state index in [2.05, 4.69) is 106 Å². The fourth-order valence-electron chi connectivity index (χ4n) is 7.60. The van der Waals surface area contributed by atoms with Gasteiger partial charge in [-0.05, 0) is 130 Å². The van der Waals surface area contributed by atoms with Crippen molar-refractivity contribution in [2.75, 3.05) is 24.6 Å². The molecular formula is C43H37IN4O5S. The third-order valence-corrected chi connectivity index (χ3v) is 11.8. The number of nitrogens with one attached hydrogen (secondary N) is 1. The summed E-state index contributed by atoms with van der Waals surface area (Å²) in [6, 6.07) is 36.0. The largest absolute Gasteiger partial charge is 0.490 e. The summed E-state index contributed by atoms with van der Waals surface area (Å²) in [6.07, 6.45) is 3.92. The van der Waals surface area contributed by atoms with Gasteiger partial charge in [0.05, 0.1) is 25.7 Å². The summed E-state index contributed by atoms with van der Waals surface area (Å²) in [6.45, 7) is 4.58. The Morgan fingerprint density at radius 2 is 1.54 bits per heavy atom. The zero-order valence-electron chi connectivity index (χ0n) is 29.5. The van der Waals surface area contributed by atoms with E-state index in [1.54, 1.807) is 12.1 Å². The molecule has 1 amide bonds. The summed E-state index contributed by atoms with van der Waals surface area (Å²) in [5.41, 5.74) is 8.99. The van der Waals surface area contributed by atoms with Gasteiger partial charge >= 0.3 is 0 Å². The lowest BCUT2D eigenvalue weighted by atomic mass is 9.76. The predicted molar refractivity (Wildman–Crippen MR) is 223 cm³/mol. The van der Waals surface area contributed by atoms with E-state index in [0.717, 1.165) is 46.3 Å². The van der Waals surface area contributed by atoms with Gasteiger partial charge in [-0.1, -0.05) is 60.7 Å².